The van der Waals surface area contributed by atoms with Crippen molar-refractivity contribution < 1.29 is 17.6 Å². The molecule has 1 atom stereocenters. The van der Waals surface area contributed by atoms with Gasteiger partial charge in [0.15, 0.2) is 5.17 Å². The third-order valence-corrected chi connectivity index (χ3v) is 6.88. The first kappa shape index (κ1) is 19.4. The normalized spacial score (nSPS) is 18.4. The Bertz CT molecular complexity index is 1170. The molecule has 3 aromatic rings. The molecular formula is C21H15FN2O3S2. The molecule has 8 heteroatoms. The van der Waals surface area contributed by atoms with Gasteiger partial charge in [-0.05, 0) is 42.0 Å². The van der Waals surface area contributed by atoms with E-state index in [0.717, 1.165) is 41.6 Å². The van der Waals surface area contributed by atoms with Crippen LogP contribution in [0.3, 0.4) is 0 Å². The molecule has 0 saturated carbocycles. The van der Waals surface area contributed by atoms with Crippen LogP contribution in [0.15, 0.2) is 94.2 Å². The van der Waals surface area contributed by atoms with Crippen molar-refractivity contribution in [2.45, 2.75) is 10.1 Å². The van der Waals surface area contributed by atoms with Crippen LogP contribution in [0.25, 0.3) is 0 Å². The maximum absolute atomic E-state index is 13.2. The van der Waals surface area contributed by atoms with E-state index in [1.54, 1.807) is 30.3 Å². The lowest BCUT2D eigenvalue weighted by molar-refractivity contribution is -0.117. The maximum Gasteiger partial charge on any atom is 0.284 e. The Balaban J connectivity index is 1.79. The first-order chi connectivity index (χ1) is 14.0. The Morgan fingerprint density at radius 2 is 1.45 bits per heavy atom. The first-order valence-corrected chi connectivity index (χ1v) is 11.0. The highest BCUT2D eigenvalue weighted by Gasteiger charge is 2.41. The predicted octanol–water partition coefficient (Wildman–Crippen LogP) is 4.39. The van der Waals surface area contributed by atoms with Crippen molar-refractivity contribution in [3.63, 3.8) is 0 Å². The van der Waals surface area contributed by atoms with Crippen LogP contribution in [0.5, 0.6) is 0 Å². The Labute approximate surface area is 172 Å². The highest BCUT2D eigenvalue weighted by Crippen LogP contribution is 2.42. The number of sulfonamides is 1. The molecule has 1 saturated heterocycles. The second kappa shape index (κ2) is 7.81. The van der Waals surface area contributed by atoms with Crippen molar-refractivity contribution in [1.29, 1.82) is 0 Å². The number of rotatable bonds is 4. The molecule has 0 bridgehead atoms. The smallest absolute Gasteiger partial charge is 0.272 e. The zero-order chi connectivity index (χ0) is 20.4. The van der Waals surface area contributed by atoms with Crippen LogP contribution in [0.2, 0.25) is 0 Å². The lowest BCUT2D eigenvalue weighted by atomic mass is 10.1. The number of nitrogens with zero attached hydrogens (tertiary/aromatic N) is 2. The lowest BCUT2D eigenvalue weighted by Crippen LogP contribution is -2.30. The van der Waals surface area contributed by atoms with Gasteiger partial charge in [0.25, 0.3) is 15.9 Å². The highest BCUT2D eigenvalue weighted by atomic mass is 32.2. The van der Waals surface area contributed by atoms with E-state index in [1.165, 1.54) is 4.90 Å². The number of hydrogen-bond acceptors (Lipinski definition) is 4. The van der Waals surface area contributed by atoms with E-state index in [2.05, 4.69) is 4.40 Å². The molecule has 0 aliphatic carbocycles. The van der Waals surface area contributed by atoms with E-state index in [-0.39, 0.29) is 16.0 Å². The first-order valence-electron chi connectivity index (χ1n) is 8.67. The minimum atomic E-state index is -4.12. The number of benzene rings is 3. The molecule has 1 fully saturated rings. The molecule has 0 aromatic heterocycles. The van der Waals surface area contributed by atoms with Crippen molar-refractivity contribution in [3.05, 3.63) is 96.3 Å². The molecule has 0 N–H and O–H groups in total. The van der Waals surface area contributed by atoms with Gasteiger partial charge in [-0.1, -0.05) is 60.3 Å². The number of halogens is 1. The molecule has 0 unspecified atom stereocenters. The van der Waals surface area contributed by atoms with E-state index in [9.17, 15) is 17.6 Å². The number of thioether (sulfide) groups is 1. The molecule has 4 rings (SSSR count). The largest absolute Gasteiger partial charge is 0.284 e. The van der Waals surface area contributed by atoms with Gasteiger partial charge in [0.1, 0.15) is 11.1 Å². The number of anilines is 1. The Morgan fingerprint density at radius 3 is 2.07 bits per heavy atom. The molecule has 0 radical (unpaired) electrons. The lowest BCUT2D eigenvalue weighted by Gasteiger charge is -2.16. The van der Waals surface area contributed by atoms with Gasteiger partial charge in [-0.15, -0.1) is 4.40 Å². The zero-order valence-electron chi connectivity index (χ0n) is 15.0. The Kier molecular flexibility index (Phi) is 5.21. The van der Waals surface area contributed by atoms with Gasteiger partial charge in [0.05, 0.1) is 10.6 Å². The predicted molar refractivity (Wildman–Crippen MR) is 112 cm³/mol. The van der Waals surface area contributed by atoms with Gasteiger partial charge in [-0.25, -0.2) is 4.39 Å². The fraction of sp³-hybridized carbons (Fsp3) is 0.0476. The summed E-state index contributed by atoms with van der Waals surface area (Å²) in [6.07, 6.45) is 0. The van der Waals surface area contributed by atoms with Crippen LogP contribution in [-0.2, 0) is 14.8 Å². The molecule has 1 aliphatic rings. The zero-order valence-corrected chi connectivity index (χ0v) is 16.6. The molecule has 1 aliphatic heterocycles. The van der Waals surface area contributed by atoms with Crippen molar-refractivity contribution in [2.24, 2.45) is 4.40 Å². The van der Waals surface area contributed by atoms with Crippen LogP contribution < -0.4 is 4.90 Å². The fourth-order valence-corrected chi connectivity index (χ4v) is 5.25. The van der Waals surface area contributed by atoms with Crippen molar-refractivity contribution >= 4 is 38.5 Å². The number of amides is 1. The van der Waals surface area contributed by atoms with Crippen molar-refractivity contribution in [2.75, 3.05) is 4.90 Å². The highest BCUT2D eigenvalue weighted by molar-refractivity contribution is 8.16. The molecule has 1 heterocycles. The standard InChI is InChI=1S/C21H15FN2O3S2/c22-16-11-13-18(14-12-16)29(26,27)23-21-24(17-9-5-2-6-10-17)20(25)19(28-21)15-7-3-1-4-8-15/h1-14,19H/t19-/m1/s1. The van der Waals surface area contributed by atoms with Gasteiger partial charge < -0.3 is 0 Å². The molecular weight excluding hydrogens is 411 g/mol. The fourth-order valence-electron chi connectivity index (χ4n) is 2.90. The Hall–Kier alpha value is -2.97. The average Bonchev–Trinajstić information content (AvgIpc) is 3.05. The summed E-state index contributed by atoms with van der Waals surface area (Å²) in [4.78, 5) is 14.3. The van der Waals surface area contributed by atoms with Gasteiger partial charge >= 0.3 is 0 Å². The monoisotopic (exact) mass is 426 g/mol. The van der Waals surface area contributed by atoms with Gasteiger partial charge in [-0.3, -0.25) is 9.69 Å². The van der Waals surface area contributed by atoms with Crippen molar-refractivity contribution in [3.8, 4) is 0 Å². The van der Waals surface area contributed by atoms with E-state index in [4.69, 9.17) is 0 Å². The number of amidine groups is 1. The number of hydrogen-bond donors (Lipinski definition) is 0. The van der Waals surface area contributed by atoms with Gasteiger partial charge in [0, 0.05) is 0 Å². The quantitative estimate of drug-likeness (QED) is 0.621. The van der Waals surface area contributed by atoms with Crippen molar-refractivity contribution in [1.82, 2.24) is 0 Å². The summed E-state index contributed by atoms with van der Waals surface area (Å²) in [6.45, 7) is 0. The molecule has 146 valence electrons. The summed E-state index contributed by atoms with van der Waals surface area (Å²) in [5.41, 5.74) is 1.28. The van der Waals surface area contributed by atoms with E-state index >= 15 is 0 Å². The minimum Gasteiger partial charge on any atom is -0.272 e. The van der Waals surface area contributed by atoms with Gasteiger partial charge in [0.2, 0.25) is 0 Å². The van der Waals surface area contributed by atoms with Crippen LogP contribution in [0.4, 0.5) is 10.1 Å². The third kappa shape index (κ3) is 3.94. The summed E-state index contributed by atoms with van der Waals surface area (Å²) < 4.78 is 42.6. The average molecular weight is 426 g/mol. The number of carbonyl (C=O) groups excluding carboxylic acids is 1. The topological polar surface area (TPSA) is 66.8 Å². The summed E-state index contributed by atoms with van der Waals surface area (Å²) in [6, 6.07) is 22.3. The third-order valence-electron chi connectivity index (χ3n) is 4.29. The summed E-state index contributed by atoms with van der Waals surface area (Å²) in [5, 5.41) is -0.557. The van der Waals surface area contributed by atoms with Crippen LogP contribution in [0.1, 0.15) is 10.8 Å². The van der Waals surface area contributed by atoms with Gasteiger partial charge in [-0.2, -0.15) is 8.42 Å². The summed E-state index contributed by atoms with van der Waals surface area (Å²) in [5.74, 6) is -0.822. The minimum absolute atomic E-state index is 0.0550. The number of para-hydroxylation sites is 1. The Morgan fingerprint density at radius 1 is 0.862 bits per heavy atom. The summed E-state index contributed by atoms with van der Waals surface area (Å²) >= 11 is 1.07. The van der Waals surface area contributed by atoms with E-state index in [1.807, 2.05) is 30.3 Å². The number of carbonyl (C=O) groups is 1. The summed E-state index contributed by atoms with van der Waals surface area (Å²) in [7, 11) is -4.12. The van der Waals surface area contributed by atoms with Crippen LogP contribution >= 0.6 is 11.8 Å². The molecule has 0 spiro atoms. The van der Waals surface area contributed by atoms with Crippen LogP contribution in [-0.4, -0.2) is 19.5 Å². The van der Waals surface area contributed by atoms with Crippen LogP contribution in [0, 0.1) is 5.82 Å². The van der Waals surface area contributed by atoms with E-state index in [0.29, 0.717) is 5.69 Å². The maximum atomic E-state index is 13.2. The second-order valence-corrected chi connectivity index (χ2v) is 8.90. The van der Waals surface area contributed by atoms with E-state index < -0.39 is 21.1 Å². The molecule has 5 nitrogen and oxygen atoms in total. The molecule has 3 aromatic carbocycles. The second-order valence-electron chi connectivity index (χ2n) is 6.22. The molecule has 29 heavy (non-hydrogen) atoms. The molecule has 1 amide bonds. The SMILES string of the molecule is O=C1[C@@H](c2ccccc2)SC(=NS(=O)(=O)c2ccc(F)cc2)N1c1ccccc1.